The summed E-state index contributed by atoms with van der Waals surface area (Å²) in [5, 5.41) is 0. The van der Waals surface area contributed by atoms with E-state index >= 15 is 0 Å². The number of aromatic amines is 1. The summed E-state index contributed by atoms with van der Waals surface area (Å²) in [4.78, 5) is 25.7. The Morgan fingerprint density at radius 2 is 2.08 bits per heavy atom. The number of hydrogen-bond donors (Lipinski definition) is 1. The quantitative estimate of drug-likeness (QED) is 0.758. The predicted molar refractivity (Wildman–Crippen MR) is 93.2 cm³/mol. The highest BCUT2D eigenvalue weighted by atomic mass is 31.1. The van der Waals surface area contributed by atoms with Crippen LogP contribution in [-0.4, -0.2) is 27.9 Å². The van der Waals surface area contributed by atoms with E-state index in [0.29, 0.717) is 18.4 Å². The highest BCUT2D eigenvalue weighted by molar-refractivity contribution is 7.33. The predicted octanol–water partition coefficient (Wildman–Crippen LogP) is 2.55. The Morgan fingerprint density at radius 1 is 1.31 bits per heavy atom. The van der Waals surface area contributed by atoms with Crippen molar-refractivity contribution in [3.05, 3.63) is 32.6 Å². The van der Waals surface area contributed by atoms with Gasteiger partial charge in [-0.25, -0.2) is 4.79 Å². The minimum Gasteiger partial charge on any atom is -0.352 e. The molecule has 142 valence electrons. The molecule has 1 aliphatic heterocycles. The maximum absolute atomic E-state index is 12.2. The van der Waals surface area contributed by atoms with Crippen LogP contribution >= 0.6 is 8.25 Å². The molecule has 4 rings (SSSR count). The van der Waals surface area contributed by atoms with Gasteiger partial charge in [-0.15, -0.1) is 9.05 Å². The van der Waals surface area contributed by atoms with Gasteiger partial charge in [0, 0.05) is 16.3 Å². The molecule has 3 aliphatic rings. The lowest BCUT2D eigenvalue weighted by Crippen LogP contribution is -2.33. The van der Waals surface area contributed by atoms with Gasteiger partial charge in [-0.1, -0.05) is 0 Å². The Bertz CT molecular complexity index is 810. The van der Waals surface area contributed by atoms with Crippen LogP contribution in [-0.2, 0) is 18.3 Å². The van der Waals surface area contributed by atoms with Crippen LogP contribution in [0.2, 0.25) is 0 Å². The summed E-state index contributed by atoms with van der Waals surface area (Å²) in [6.45, 7) is 1.81. The van der Waals surface area contributed by atoms with Gasteiger partial charge in [0.15, 0.2) is 0 Å². The van der Waals surface area contributed by atoms with Gasteiger partial charge in [0.25, 0.3) is 5.56 Å². The van der Waals surface area contributed by atoms with Gasteiger partial charge in [0.1, 0.15) is 18.4 Å². The maximum Gasteiger partial charge on any atom is 0.698 e. The van der Waals surface area contributed by atoms with E-state index in [9.17, 15) is 14.2 Å². The molecule has 1 N–H and O–H groups in total. The average molecular weight is 383 g/mol. The molecular weight excluding hydrogens is 359 g/mol. The summed E-state index contributed by atoms with van der Waals surface area (Å²) in [6.07, 6.45) is 7.37. The molecule has 0 amide bonds. The summed E-state index contributed by atoms with van der Waals surface area (Å²) in [6, 6.07) is 0. The Kier molecular flexibility index (Phi) is 4.86. The standard InChI is InChI=1S/C17H23N2O6P/c1-11-9-19(16(21)18-15(11)20)14-3-2-13(24-14)10-23-26(22)25-17-6-4-12(8-17)5-7-17/h9,12-14H,2-8,10H2,1H3/p+1/t12?,13-,14+,17?/m0/s1. The summed E-state index contributed by atoms with van der Waals surface area (Å²) in [5.74, 6) is 0.719. The molecule has 9 heteroatoms. The number of fused-ring (bicyclic) bond motifs is 2. The van der Waals surface area contributed by atoms with Crippen LogP contribution < -0.4 is 11.2 Å². The van der Waals surface area contributed by atoms with Crippen LogP contribution in [0.25, 0.3) is 0 Å². The summed E-state index contributed by atoms with van der Waals surface area (Å²) < 4.78 is 30.6. The molecule has 0 radical (unpaired) electrons. The van der Waals surface area contributed by atoms with Crippen molar-refractivity contribution in [2.24, 2.45) is 5.92 Å². The highest BCUT2D eigenvalue weighted by Crippen LogP contribution is 2.53. The summed E-state index contributed by atoms with van der Waals surface area (Å²) in [5.41, 5.74) is -0.663. The maximum atomic E-state index is 12.2. The Labute approximate surface area is 151 Å². The van der Waals surface area contributed by atoms with E-state index in [2.05, 4.69) is 4.98 Å². The second-order valence-electron chi connectivity index (χ2n) is 7.71. The lowest BCUT2D eigenvalue weighted by atomic mass is 9.98. The normalized spacial score (nSPS) is 33.7. The number of hydrogen-bond acceptors (Lipinski definition) is 6. The molecule has 2 heterocycles. The van der Waals surface area contributed by atoms with E-state index in [1.165, 1.54) is 10.8 Å². The third-order valence-corrected chi connectivity index (χ3v) is 6.75. The van der Waals surface area contributed by atoms with E-state index in [4.69, 9.17) is 13.8 Å². The molecule has 1 unspecified atom stereocenters. The van der Waals surface area contributed by atoms with Crippen molar-refractivity contribution >= 4 is 8.25 Å². The molecule has 3 fully saturated rings. The van der Waals surface area contributed by atoms with Gasteiger partial charge in [-0.05, 0) is 57.8 Å². The van der Waals surface area contributed by atoms with Crippen LogP contribution in [0.3, 0.4) is 0 Å². The molecule has 26 heavy (non-hydrogen) atoms. The third-order valence-electron chi connectivity index (χ3n) is 5.85. The zero-order chi connectivity index (χ0) is 18.3. The topological polar surface area (TPSA) is 99.6 Å². The van der Waals surface area contributed by atoms with E-state index in [-0.39, 0.29) is 18.3 Å². The molecule has 2 bridgehead atoms. The fourth-order valence-electron chi connectivity index (χ4n) is 4.41. The Hall–Kier alpha value is -1.34. The molecule has 0 aromatic carbocycles. The van der Waals surface area contributed by atoms with Gasteiger partial charge in [0.2, 0.25) is 0 Å². The van der Waals surface area contributed by atoms with Gasteiger partial charge in [0.05, 0.1) is 6.10 Å². The number of aryl methyl sites for hydroxylation is 1. The lowest BCUT2D eigenvalue weighted by Gasteiger charge is -2.18. The van der Waals surface area contributed by atoms with Gasteiger partial charge in [-0.3, -0.25) is 14.3 Å². The molecule has 3 atom stereocenters. The largest absolute Gasteiger partial charge is 0.698 e. The van der Waals surface area contributed by atoms with Gasteiger partial charge < -0.3 is 4.74 Å². The van der Waals surface area contributed by atoms with Gasteiger partial charge >= 0.3 is 13.9 Å². The first-order valence-electron chi connectivity index (χ1n) is 9.21. The number of aromatic nitrogens is 2. The monoisotopic (exact) mass is 383 g/mol. The fraction of sp³-hybridized carbons (Fsp3) is 0.765. The van der Waals surface area contributed by atoms with E-state index in [0.717, 1.165) is 38.0 Å². The van der Waals surface area contributed by atoms with Crippen molar-refractivity contribution in [1.82, 2.24) is 9.55 Å². The van der Waals surface area contributed by atoms with Crippen molar-refractivity contribution in [2.75, 3.05) is 6.61 Å². The van der Waals surface area contributed by atoms with Crippen LogP contribution in [0.4, 0.5) is 0 Å². The molecule has 8 nitrogen and oxygen atoms in total. The van der Waals surface area contributed by atoms with Crippen molar-refractivity contribution < 1.29 is 18.3 Å². The van der Waals surface area contributed by atoms with Crippen LogP contribution in [0.5, 0.6) is 0 Å². The summed E-state index contributed by atoms with van der Waals surface area (Å²) in [7, 11) is -2.17. The van der Waals surface area contributed by atoms with Gasteiger partial charge in [-0.2, -0.15) is 0 Å². The Balaban J connectivity index is 1.29. The summed E-state index contributed by atoms with van der Waals surface area (Å²) >= 11 is 0. The molecule has 2 aliphatic carbocycles. The minimum atomic E-state index is -2.17. The number of H-pyrrole nitrogens is 1. The molecule has 1 aromatic heterocycles. The zero-order valence-corrected chi connectivity index (χ0v) is 15.7. The Morgan fingerprint density at radius 3 is 2.77 bits per heavy atom. The van der Waals surface area contributed by atoms with E-state index < -0.39 is 25.7 Å². The number of nitrogens with zero attached hydrogens (tertiary/aromatic N) is 1. The van der Waals surface area contributed by atoms with Crippen molar-refractivity contribution in [1.29, 1.82) is 0 Å². The van der Waals surface area contributed by atoms with E-state index in [1.54, 1.807) is 6.92 Å². The first kappa shape index (κ1) is 18.0. The van der Waals surface area contributed by atoms with E-state index in [1.807, 2.05) is 0 Å². The molecule has 1 aromatic rings. The molecule has 0 spiro atoms. The second kappa shape index (κ2) is 7.00. The van der Waals surface area contributed by atoms with Crippen LogP contribution in [0, 0.1) is 12.8 Å². The van der Waals surface area contributed by atoms with Crippen molar-refractivity contribution in [2.45, 2.75) is 69.8 Å². The average Bonchev–Trinajstić information content (AvgIpc) is 3.32. The minimum absolute atomic E-state index is 0.169. The first-order chi connectivity index (χ1) is 12.4. The third kappa shape index (κ3) is 3.56. The van der Waals surface area contributed by atoms with Crippen LogP contribution in [0.1, 0.15) is 56.7 Å². The smallest absolute Gasteiger partial charge is 0.352 e. The second-order valence-corrected chi connectivity index (χ2v) is 8.60. The highest BCUT2D eigenvalue weighted by Gasteiger charge is 2.52. The number of ether oxygens (including phenoxy) is 1. The number of rotatable bonds is 6. The lowest BCUT2D eigenvalue weighted by molar-refractivity contribution is -0.0249. The molecule has 2 saturated carbocycles. The van der Waals surface area contributed by atoms with Crippen LogP contribution in [0.15, 0.2) is 15.8 Å². The zero-order valence-electron chi connectivity index (χ0n) is 14.8. The molecule has 1 saturated heterocycles. The van der Waals surface area contributed by atoms with Crippen molar-refractivity contribution in [3.8, 4) is 0 Å². The SMILES string of the molecule is Cc1cn([C@H]2CC[C@@H](CO[P+](=O)OC34CCC(CC3)C4)O2)c(=O)[nH]c1=O. The number of nitrogens with one attached hydrogen (secondary N) is 1. The van der Waals surface area contributed by atoms with Crippen molar-refractivity contribution in [3.63, 3.8) is 0 Å². The fourth-order valence-corrected chi connectivity index (χ4v) is 5.32. The first-order valence-corrected chi connectivity index (χ1v) is 10.3. The molecular formula is C17H24N2O6P+.